The second-order valence-corrected chi connectivity index (χ2v) is 12.6. The van der Waals surface area contributed by atoms with E-state index in [0.717, 1.165) is 24.8 Å². The average Bonchev–Trinajstić information content (AvgIpc) is 2.80. The van der Waals surface area contributed by atoms with Crippen molar-refractivity contribution in [3.63, 3.8) is 0 Å². The number of hydrogen-bond donors (Lipinski definition) is 0. The molecule has 0 unspecified atom stereocenters. The molecule has 0 N–H and O–H groups in total. The highest BCUT2D eigenvalue weighted by molar-refractivity contribution is 6.74. The summed E-state index contributed by atoms with van der Waals surface area (Å²) in [5, 5.41) is 0.141. The highest BCUT2D eigenvalue weighted by atomic mass is 28.4. The van der Waals surface area contributed by atoms with Crippen LogP contribution in [-0.4, -0.2) is 33.3 Å². The Labute approximate surface area is 147 Å². The molecule has 4 nitrogen and oxygen atoms in total. The van der Waals surface area contributed by atoms with E-state index in [2.05, 4.69) is 38.6 Å². The fourth-order valence-electron chi connectivity index (χ4n) is 2.28. The molecular weight excluding hydrogens is 320 g/mol. The van der Waals surface area contributed by atoms with Crippen LogP contribution in [0.3, 0.4) is 0 Å². The summed E-state index contributed by atoms with van der Waals surface area (Å²) < 4.78 is 10.9. The van der Waals surface area contributed by atoms with Crippen molar-refractivity contribution in [2.75, 3.05) is 7.11 Å². The number of ether oxygens (including phenoxy) is 1. The van der Waals surface area contributed by atoms with Crippen molar-refractivity contribution < 1.29 is 18.8 Å². The molecule has 0 saturated heterocycles. The van der Waals surface area contributed by atoms with E-state index in [9.17, 15) is 9.59 Å². The Balaban J connectivity index is 2.47. The number of ketones is 1. The number of hydrogen-bond acceptors (Lipinski definition) is 4. The van der Waals surface area contributed by atoms with Crippen LogP contribution in [0.1, 0.15) is 52.9 Å². The van der Waals surface area contributed by atoms with Gasteiger partial charge in [-0.05, 0) is 43.5 Å². The largest absolute Gasteiger partial charge is 0.469 e. The van der Waals surface area contributed by atoms with Crippen LogP contribution in [-0.2, 0) is 18.8 Å². The van der Waals surface area contributed by atoms with Gasteiger partial charge < -0.3 is 9.16 Å². The molecule has 0 aromatic heterocycles. The first-order chi connectivity index (χ1) is 11.1. The molecule has 1 aliphatic carbocycles. The molecule has 1 atom stereocenters. The van der Waals surface area contributed by atoms with Gasteiger partial charge in [-0.2, -0.15) is 0 Å². The van der Waals surface area contributed by atoms with E-state index in [4.69, 9.17) is 4.43 Å². The van der Waals surface area contributed by atoms with Crippen molar-refractivity contribution in [2.45, 2.75) is 77.1 Å². The molecule has 0 aliphatic heterocycles. The predicted octanol–water partition coefficient (Wildman–Crippen LogP) is 4.57. The maximum absolute atomic E-state index is 12.1. The molecule has 0 saturated carbocycles. The maximum Gasteiger partial charge on any atom is 0.305 e. The molecule has 1 aliphatic rings. The van der Waals surface area contributed by atoms with E-state index < -0.39 is 8.32 Å². The molecule has 5 heteroatoms. The van der Waals surface area contributed by atoms with Crippen LogP contribution in [0.15, 0.2) is 23.8 Å². The summed E-state index contributed by atoms with van der Waals surface area (Å²) in [6.07, 6.45) is 9.27. The van der Waals surface area contributed by atoms with Crippen molar-refractivity contribution in [1.82, 2.24) is 0 Å². The third-order valence-corrected chi connectivity index (χ3v) is 9.36. The van der Waals surface area contributed by atoms with E-state index >= 15 is 0 Å². The van der Waals surface area contributed by atoms with Crippen molar-refractivity contribution in [2.24, 2.45) is 0 Å². The lowest BCUT2D eigenvalue weighted by Gasteiger charge is -2.37. The summed E-state index contributed by atoms with van der Waals surface area (Å²) in [4.78, 5) is 23.1. The minimum absolute atomic E-state index is 0.0858. The zero-order chi connectivity index (χ0) is 18.4. The Hall–Kier alpha value is -1.20. The maximum atomic E-state index is 12.1. The minimum atomic E-state index is -1.86. The molecule has 0 fully saturated rings. The Bertz CT molecular complexity index is 512. The molecule has 0 spiro atoms. The van der Waals surface area contributed by atoms with Gasteiger partial charge in [0.2, 0.25) is 0 Å². The summed E-state index contributed by atoms with van der Waals surface area (Å²) in [5.74, 6) is -0.0113. The van der Waals surface area contributed by atoms with Gasteiger partial charge in [-0.3, -0.25) is 9.59 Å². The lowest BCUT2D eigenvalue weighted by Crippen LogP contribution is -2.43. The van der Waals surface area contributed by atoms with E-state index in [1.165, 1.54) is 7.11 Å². The number of rotatable bonds is 8. The summed E-state index contributed by atoms with van der Waals surface area (Å²) in [6, 6.07) is 0. The van der Waals surface area contributed by atoms with Gasteiger partial charge >= 0.3 is 5.97 Å². The van der Waals surface area contributed by atoms with Gasteiger partial charge in [0.1, 0.15) is 0 Å². The second kappa shape index (κ2) is 8.76. The standard InChI is InChI=1S/C19H32O4Si/c1-19(2,3)24(5,6)23-16-13-15(17(20)14-16)11-9-7-8-10-12-18(21)22-4/h9,11,13,16H,7-8,10,12,14H2,1-6H3/b11-9-/t16-/m0/s1. The Morgan fingerprint density at radius 1 is 1.33 bits per heavy atom. The lowest BCUT2D eigenvalue weighted by molar-refractivity contribution is -0.140. The van der Waals surface area contributed by atoms with Crippen LogP contribution < -0.4 is 0 Å². The molecule has 136 valence electrons. The number of Topliss-reactive ketones (excluding diaryl/α,β-unsaturated/α-hetero) is 1. The Morgan fingerprint density at radius 2 is 2.00 bits per heavy atom. The van der Waals surface area contributed by atoms with Gasteiger partial charge in [-0.15, -0.1) is 0 Å². The summed E-state index contributed by atoms with van der Waals surface area (Å²) in [6.45, 7) is 11.0. The molecule has 0 aromatic rings. The number of methoxy groups -OCH3 is 1. The molecule has 0 radical (unpaired) electrons. The highest BCUT2D eigenvalue weighted by Gasteiger charge is 2.40. The molecule has 24 heavy (non-hydrogen) atoms. The smallest absolute Gasteiger partial charge is 0.305 e. The third kappa shape index (κ3) is 6.36. The zero-order valence-corrected chi connectivity index (χ0v) is 17.0. The van der Waals surface area contributed by atoms with E-state index in [0.29, 0.717) is 12.8 Å². The summed E-state index contributed by atoms with van der Waals surface area (Å²) in [7, 11) is -0.452. The van der Waals surface area contributed by atoms with Crippen molar-refractivity contribution in [3.8, 4) is 0 Å². The van der Waals surface area contributed by atoms with Crippen molar-refractivity contribution >= 4 is 20.1 Å². The quantitative estimate of drug-likeness (QED) is 0.365. The fraction of sp³-hybridized carbons (Fsp3) is 0.684. The monoisotopic (exact) mass is 352 g/mol. The van der Waals surface area contributed by atoms with E-state index in [-0.39, 0.29) is 22.9 Å². The molecule has 1 rings (SSSR count). The summed E-state index contributed by atoms with van der Waals surface area (Å²) in [5.41, 5.74) is 0.756. The van der Waals surface area contributed by atoms with Crippen LogP contribution >= 0.6 is 0 Å². The van der Waals surface area contributed by atoms with Gasteiger partial charge in [-0.1, -0.05) is 32.9 Å². The van der Waals surface area contributed by atoms with Crippen LogP contribution in [0, 0.1) is 0 Å². The van der Waals surface area contributed by atoms with Gasteiger partial charge in [0, 0.05) is 18.4 Å². The Kier molecular flexibility index (Phi) is 7.61. The van der Waals surface area contributed by atoms with Gasteiger partial charge in [0.25, 0.3) is 0 Å². The number of carbonyl (C=O) groups is 2. The topological polar surface area (TPSA) is 52.6 Å². The lowest BCUT2D eigenvalue weighted by atomic mass is 10.1. The molecule has 0 heterocycles. The number of carbonyl (C=O) groups excluding carboxylic acids is 2. The average molecular weight is 353 g/mol. The first-order valence-electron chi connectivity index (χ1n) is 8.73. The van der Waals surface area contributed by atoms with Crippen LogP contribution in [0.4, 0.5) is 0 Å². The predicted molar refractivity (Wildman–Crippen MR) is 99.4 cm³/mol. The van der Waals surface area contributed by atoms with Crippen LogP contribution in [0.25, 0.3) is 0 Å². The molecular formula is C19H32O4Si. The zero-order valence-electron chi connectivity index (χ0n) is 16.0. The fourth-order valence-corrected chi connectivity index (χ4v) is 3.54. The van der Waals surface area contributed by atoms with E-state index in [1.807, 2.05) is 18.2 Å². The third-order valence-electron chi connectivity index (χ3n) is 4.85. The van der Waals surface area contributed by atoms with E-state index in [1.54, 1.807) is 0 Å². The number of unbranched alkanes of at least 4 members (excludes halogenated alkanes) is 2. The SMILES string of the molecule is COC(=O)CCCC/C=C\C1=C[C@H](O[Si](C)(C)C(C)(C)C)CC1=O. The molecule has 0 aromatic carbocycles. The van der Waals surface area contributed by atoms with Crippen LogP contribution in [0.2, 0.25) is 18.1 Å². The minimum Gasteiger partial charge on any atom is -0.469 e. The summed E-state index contributed by atoms with van der Waals surface area (Å²) >= 11 is 0. The first kappa shape index (κ1) is 20.8. The number of esters is 1. The van der Waals surface area contributed by atoms with Gasteiger partial charge in [0.15, 0.2) is 14.1 Å². The Morgan fingerprint density at radius 3 is 2.58 bits per heavy atom. The van der Waals surface area contributed by atoms with Crippen LogP contribution in [0.5, 0.6) is 0 Å². The highest BCUT2D eigenvalue weighted by Crippen LogP contribution is 2.38. The molecule has 0 bridgehead atoms. The van der Waals surface area contributed by atoms with Gasteiger partial charge in [-0.25, -0.2) is 0 Å². The van der Waals surface area contributed by atoms with Crippen molar-refractivity contribution in [1.29, 1.82) is 0 Å². The first-order valence-corrected chi connectivity index (χ1v) is 11.6. The molecule has 0 amide bonds. The van der Waals surface area contributed by atoms with Gasteiger partial charge in [0.05, 0.1) is 13.2 Å². The second-order valence-electron chi connectivity index (χ2n) is 7.89. The van der Waals surface area contributed by atoms with Crippen molar-refractivity contribution in [3.05, 3.63) is 23.8 Å². The number of allylic oxidation sites excluding steroid dienone is 3. The normalized spacial score (nSPS) is 19.0.